The molecule has 0 spiro atoms. The van der Waals surface area contributed by atoms with E-state index >= 15 is 0 Å². The molecule has 0 atom stereocenters. The summed E-state index contributed by atoms with van der Waals surface area (Å²) in [6.45, 7) is -1.43. The molecule has 0 bridgehead atoms. The maximum Gasteiger partial charge on any atom is 0.453 e. The van der Waals surface area contributed by atoms with Gasteiger partial charge in [0, 0.05) is 0 Å². The second kappa shape index (κ2) is 7.15. The quantitative estimate of drug-likeness (QED) is 0.276. The molecule has 0 aromatic heterocycles. The van der Waals surface area contributed by atoms with Crippen LogP contribution >= 0.6 is 0 Å². The number of aliphatic hydroxyl groups excluding tert-OH is 2. The molecule has 0 unspecified atom stereocenters. The Morgan fingerprint density at radius 1 is 0.923 bits per heavy atom. The van der Waals surface area contributed by atoms with Gasteiger partial charge in [-0.15, -0.1) is 0 Å². The molecule has 0 heterocycles. The van der Waals surface area contributed by atoms with Crippen molar-refractivity contribution < 1.29 is 37.1 Å². The van der Waals surface area contributed by atoms with E-state index in [0.717, 1.165) is 0 Å². The SMILES string of the molecule is O=S(=O)(OOCCO)OOCCO. The summed E-state index contributed by atoms with van der Waals surface area (Å²) in [5, 5.41) is 16.3. The van der Waals surface area contributed by atoms with Crippen molar-refractivity contribution in [2.45, 2.75) is 0 Å². The fraction of sp³-hybridized carbons (Fsp3) is 1.00. The van der Waals surface area contributed by atoms with Crippen LogP contribution in [-0.4, -0.2) is 45.1 Å². The number of rotatable bonds is 8. The van der Waals surface area contributed by atoms with Crippen molar-refractivity contribution in [3.05, 3.63) is 0 Å². The Morgan fingerprint density at radius 2 is 1.31 bits per heavy atom. The lowest BCUT2D eigenvalue weighted by atomic mass is 10.8. The Bertz CT molecular complexity index is 182. The fourth-order valence-electron chi connectivity index (χ4n) is 0.272. The van der Waals surface area contributed by atoms with Crippen LogP contribution in [0, 0.1) is 0 Å². The van der Waals surface area contributed by atoms with Gasteiger partial charge >= 0.3 is 10.4 Å². The maximum atomic E-state index is 10.5. The topological polar surface area (TPSA) is 112 Å². The third-order valence-corrected chi connectivity index (χ3v) is 1.14. The van der Waals surface area contributed by atoms with Crippen LogP contribution < -0.4 is 0 Å². The van der Waals surface area contributed by atoms with Gasteiger partial charge in [0.25, 0.3) is 0 Å². The molecule has 2 N–H and O–H groups in total. The van der Waals surface area contributed by atoms with Crippen LogP contribution in [0.5, 0.6) is 0 Å². The molecule has 0 aliphatic rings. The predicted octanol–water partition coefficient (Wildman–Crippen LogP) is -1.89. The number of aliphatic hydroxyl groups is 2. The smallest absolute Gasteiger partial charge is 0.394 e. The summed E-state index contributed by atoms with van der Waals surface area (Å²) in [6, 6.07) is 0. The molecule has 0 amide bonds. The first kappa shape index (κ1) is 12.7. The first-order valence-corrected chi connectivity index (χ1v) is 4.54. The zero-order valence-electron chi connectivity index (χ0n) is 6.58. The molecule has 8 nitrogen and oxygen atoms in total. The molecule has 0 aromatic rings. The van der Waals surface area contributed by atoms with Crippen LogP contribution in [0.2, 0.25) is 0 Å². The number of hydrogen-bond acceptors (Lipinski definition) is 8. The van der Waals surface area contributed by atoms with Crippen molar-refractivity contribution in [2.24, 2.45) is 0 Å². The average molecular weight is 218 g/mol. The number of hydrogen-bond donors (Lipinski definition) is 2. The van der Waals surface area contributed by atoms with Gasteiger partial charge in [0.05, 0.1) is 13.2 Å². The van der Waals surface area contributed by atoms with Crippen LogP contribution in [0.4, 0.5) is 0 Å². The second-order valence-corrected chi connectivity index (χ2v) is 2.72. The molecule has 0 radical (unpaired) electrons. The van der Waals surface area contributed by atoms with E-state index in [0.29, 0.717) is 0 Å². The van der Waals surface area contributed by atoms with Gasteiger partial charge in [-0.25, -0.2) is 9.78 Å². The van der Waals surface area contributed by atoms with Crippen LogP contribution in [-0.2, 0) is 28.8 Å². The molecule has 13 heavy (non-hydrogen) atoms. The van der Waals surface area contributed by atoms with E-state index in [1.54, 1.807) is 0 Å². The van der Waals surface area contributed by atoms with E-state index in [4.69, 9.17) is 10.2 Å². The van der Waals surface area contributed by atoms with Crippen LogP contribution in [0.15, 0.2) is 0 Å². The second-order valence-electron chi connectivity index (χ2n) is 1.64. The first-order valence-electron chi connectivity index (χ1n) is 3.21. The Balaban J connectivity index is 3.55. The van der Waals surface area contributed by atoms with E-state index in [1.165, 1.54) is 0 Å². The van der Waals surface area contributed by atoms with Crippen molar-refractivity contribution in [3.8, 4) is 0 Å². The standard InChI is InChI=1S/C4H10O8S/c5-1-3-9-11-13(7,8)12-10-4-2-6/h5-6H,1-4H2. The van der Waals surface area contributed by atoms with Gasteiger partial charge < -0.3 is 10.2 Å². The van der Waals surface area contributed by atoms with Crippen molar-refractivity contribution in [1.29, 1.82) is 0 Å². The van der Waals surface area contributed by atoms with E-state index in [9.17, 15) is 8.42 Å². The highest BCUT2D eigenvalue weighted by Crippen LogP contribution is 1.97. The summed E-state index contributed by atoms with van der Waals surface area (Å²) in [7, 11) is -4.39. The highest BCUT2D eigenvalue weighted by Gasteiger charge is 2.14. The van der Waals surface area contributed by atoms with Crippen molar-refractivity contribution in [1.82, 2.24) is 0 Å². The lowest BCUT2D eigenvalue weighted by Gasteiger charge is -2.02. The van der Waals surface area contributed by atoms with Gasteiger partial charge in [-0.3, -0.25) is 0 Å². The van der Waals surface area contributed by atoms with E-state index in [1.807, 2.05) is 0 Å². The van der Waals surface area contributed by atoms with Gasteiger partial charge in [-0.2, -0.15) is 8.42 Å². The van der Waals surface area contributed by atoms with Gasteiger partial charge in [0.1, 0.15) is 13.2 Å². The Labute approximate surface area is 74.8 Å². The Morgan fingerprint density at radius 3 is 1.62 bits per heavy atom. The van der Waals surface area contributed by atoms with Gasteiger partial charge in [-0.1, -0.05) is 8.67 Å². The largest absolute Gasteiger partial charge is 0.453 e. The zero-order chi connectivity index (χ0) is 10.2. The minimum absolute atomic E-state index is 0.317. The first-order chi connectivity index (χ1) is 6.12. The highest BCUT2D eigenvalue weighted by molar-refractivity contribution is 7.81. The van der Waals surface area contributed by atoms with Gasteiger partial charge in [0.15, 0.2) is 0 Å². The summed E-state index contributed by atoms with van der Waals surface area (Å²) in [5.41, 5.74) is 0. The highest BCUT2D eigenvalue weighted by atomic mass is 32.3. The molecule has 0 saturated carbocycles. The van der Waals surface area contributed by atoms with Crippen LogP contribution in [0.1, 0.15) is 0 Å². The molecule has 80 valence electrons. The summed E-state index contributed by atoms with van der Waals surface area (Å²) in [6.07, 6.45) is 0. The molecule has 0 saturated heterocycles. The van der Waals surface area contributed by atoms with Gasteiger partial charge in [0.2, 0.25) is 0 Å². The van der Waals surface area contributed by atoms with Gasteiger partial charge in [-0.05, 0) is 0 Å². The minimum Gasteiger partial charge on any atom is -0.394 e. The molecule has 0 aliphatic carbocycles. The summed E-state index contributed by atoms with van der Waals surface area (Å²) >= 11 is 0. The third kappa shape index (κ3) is 8.05. The van der Waals surface area contributed by atoms with Crippen LogP contribution in [0.25, 0.3) is 0 Å². The van der Waals surface area contributed by atoms with E-state index < -0.39 is 23.6 Å². The normalized spacial score (nSPS) is 11.8. The molecular formula is C4H10O8S. The van der Waals surface area contributed by atoms with Crippen LogP contribution in [0.3, 0.4) is 0 Å². The minimum atomic E-state index is -4.39. The van der Waals surface area contributed by atoms with E-state index in [-0.39, 0.29) is 13.2 Å². The average Bonchev–Trinajstić information content (AvgIpc) is 2.05. The lowest BCUT2D eigenvalue weighted by Crippen LogP contribution is -2.14. The monoisotopic (exact) mass is 218 g/mol. The molecule has 0 aromatic carbocycles. The summed E-state index contributed by atoms with van der Waals surface area (Å²) < 4.78 is 28.4. The van der Waals surface area contributed by atoms with Crippen molar-refractivity contribution in [3.63, 3.8) is 0 Å². The van der Waals surface area contributed by atoms with Crippen molar-refractivity contribution in [2.75, 3.05) is 26.4 Å². The summed E-state index contributed by atoms with van der Waals surface area (Å²) in [4.78, 5) is 7.95. The Hall–Kier alpha value is -0.290. The zero-order valence-corrected chi connectivity index (χ0v) is 7.40. The molecular weight excluding hydrogens is 208 g/mol. The maximum absolute atomic E-state index is 10.5. The fourth-order valence-corrected chi connectivity index (χ4v) is 0.666. The Kier molecular flexibility index (Phi) is 6.99. The lowest BCUT2D eigenvalue weighted by molar-refractivity contribution is -0.262. The molecule has 0 fully saturated rings. The third-order valence-electron chi connectivity index (χ3n) is 0.612. The molecule has 0 rings (SSSR count). The molecule has 9 heteroatoms. The van der Waals surface area contributed by atoms with E-state index in [2.05, 4.69) is 18.4 Å². The van der Waals surface area contributed by atoms with Crippen molar-refractivity contribution >= 4 is 10.4 Å². The predicted molar refractivity (Wildman–Crippen MR) is 37.2 cm³/mol. The summed E-state index contributed by atoms with van der Waals surface area (Å²) in [5.74, 6) is 0. The molecule has 0 aliphatic heterocycles.